The second-order valence-electron chi connectivity index (χ2n) is 5.18. The lowest BCUT2D eigenvalue weighted by atomic mass is 10.3. The van der Waals surface area contributed by atoms with Gasteiger partial charge in [-0.15, -0.1) is 21.5 Å². The molecule has 0 bridgehead atoms. The van der Waals surface area contributed by atoms with Crippen LogP contribution in [0, 0.1) is 6.92 Å². The van der Waals surface area contributed by atoms with Crippen molar-refractivity contribution in [2.75, 3.05) is 32.7 Å². The van der Waals surface area contributed by atoms with Gasteiger partial charge in [-0.25, -0.2) is 0 Å². The van der Waals surface area contributed by atoms with Gasteiger partial charge in [0, 0.05) is 39.3 Å². The van der Waals surface area contributed by atoms with E-state index in [0.29, 0.717) is 0 Å². The van der Waals surface area contributed by atoms with Crippen LogP contribution < -0.4 is 0 Å². The Morgan fingerprint density at radius 3 is 2.71 bits per heavy atom. The van der Waals surface area contributed by atoms with Crippen LogP contribution in [-0.4, -0.2) is 63.2 Å². The lowest BCUT2D eigenvalue weighted by Crippen LogP contribution is -2.49. The Morgan fingerprint density at radius 2 is 2.10 bits per heavy atom. The quantitative estimate of drug-likeness (QED) is 0.849. The number of hydrogen-bond acceptors (Lipinski definition) is 5. The van der Waals surface area contributed by atoms with Crippen LogP contribution in [0.1, 0.15) is 15.5 Å². The molecule has 2 aromatic heterocycles. The van der Waals surface area contributed by atoms with Gasteiger partial charge in [0.2, 0.25) is 0 Å². The summed E-state index contributed by atoms with van der Waals surface area (Å²) in [6.07, 6.45) is 1.77. The molecule has 0 aromatic carbocycles. The summed E-state index contributed by atoms with van der Waals surface area (Å²) in [4.78, 5) is 17.4. The van der Waals surface area contributed by atoms with E-state index >= 15 is 0 Å². The summed E-state index contributed by atoms with van der Waals surface area (Å²) >= 11 is 1.51. The van der Waals surface area contributed by atoms with E-state index in [1.54, 1.807) is 6.33 Å². The summed E-state index contributed by atoms with van der Waals surface area (Å²) in [5, 5.41) is 9.83. The van der Waals surface area contributed by atoms with Crippen molar-refractivity contribution in [2.24, 2.45) is 0 Å². The fourth-order valence-electron chi connectivity index (χ4n) is 2.51. The van der Waals surface area contributed by atoms with E-state index in [9.17, 15) is 4.79 Å². The van der Waals surface area contributed by atoms with Gasteiger partial charge in [0.15, 0.2) is 0 Å². The summed E-state index contributed by atoms with van der Waals surface area (Å²) in [5.74, 6) is 1.11. The van der Waals surface area contributed by atoms with Gasteiger partial charge < -0.3 is 9.47 Å². The van der Waals surface area contributed by atoms with E-state index in [2.05, 4.69) is 19.7 Å². The van der Waals surface area contributed by atoms with Crippen LogP contribution in [0.2, 0.25) is 0 Å². The maximum Gasteiger partial charge on any atom is 0.264 e. The first-order valence-corrected chi connectivity index (χ1v) is 8.01. The Bertz CT molecular complexity index is 586. The number of aryl methyl sites for hydroxylation is 1. The molecule has 112 valence electrons. The van der Waals surface area contributed by atoms with Crippen LogP contribution in [-0.2, 0) is 6.54 Å². The third-order valence-corrected chi connectivity index (χ3v) is 4.72. The van der Waals surface area contributed by atoms with Crippen molar-refractivity contribution in [2.45, 2.75) is 13.5 Å². The summed E-state index contributed by atoms with van der Waals surface area (Å²) < 4.78 is 2.06. The molecule has 0 spiro atoms. The minimum atomic E-state index is 0.166. The highest BCUT2D eigenvalue weighted by Gasteiger charge is 2.22. The lowest BCUT2D eigenvalue weighted by molar-refractivity contribution is 0.0638. The highest BCUT2D eigenvalue weighted by Crippen LogP contribution is 2.13. The first-order chi connectivity index (χ1) is 10.2. The molecular formula is C14H19N5OS. The average Bonchev–Trinajstić information content (AvgIpc) is 3.17. The van der Waals surface area contributed by atoms with Gasteiger partial charge >= 0.3 is 0 Å². The third-order valence-electron chi connectivity index (χ3n) is 3.86. The third kappa shape index (κ3) is 3.30. The molecule has 1 saturated heterocycles. The van der Waals surface area contributed by atoms with Crippen molar-refractivity contribution in [3.8, 4) is 0 Å². The molecule has 2 aromatic rings. The number of hydrogen-bond donors (Lipinski definition) is 0. The summed E-state index contributed by atoms with van der Waals surface area (Å²) in [6.45, 7) is 7.30. The molecule has 6 nitrogen and oxygen atoms in total. The number of rotatable bonds is 4. The number of amides is 1. The van der Waals surface area contributed by atoms with Gasteiger partial charge in [-0.2, -0.15) is 0 Å². The zero-order valence-corrected chi connectivity index (χ0v) is 12.9. The van der Waals surface area contributed by atoms with E-state index in [1.807, 2.05) is 29.3 Å². The first-order valence-electron chi connectivity index (χ1n) is 7.13. The molecular weight excluding hydrogens is 286 g/mol. The number of carbonyl (C=O) groups excluding carboxylic acids is 1. The summed E-state index contributed by atoms with van der Waals surface area (Å²) in [7, 11) is 0. The van der Waals surface area contributed by atoms with Gasteiger partial charge in [0.05, 0.1) is 4.88 Å². The predicted molar refractivity (Wildman–Crippen MR) is 81.4 cm³/mol. The minimum Gasteiger partial charge on any atom is -0.335 e. The van der Waals surface area contributed by atoms with E-state index in [1.165, 1.54) is 11.3 Å². The molecule has 21 heavy (non-hydrogen) atoms. The monoisotopic (exact) mass is 305 g/mol. The van der Waals surface area contributed by atoms with E-state index < -0.39 is 0 Å². The van der Waals surface area contributed by atoms with Crippen LogP contribution in [0.4, 0.5) is 0 Å². The SMILES string of the molecule is Cc1nncn1CCN1CCN(C(=O)c2cccs2)CC1. The van der Waals surface area contributed by atoms with Gasteiger partial charge in [0.1, 0.15) is 12.2 Å². The van der Waals surface area contributed by atoms with Crippen molar-refractivity contribution < 1.29 is 4.79 Å². The van der Waals surface area contributed by atoms with Crippen LogP contribution in [0.3, 0.4) is 0 Å². The molecule has 1 fully saturated rings. The number of aromatic nitrogens is 3. The molecule has 1 aliphatic heterocycles. The summed E-state index contributed by atoms with van der Waals surface area (Å²) in [6, 6.07) is 3.82. The van der Waals surface area contributed by atoms with E-state index in [-0.39, 0.29) is 5.91 Å². The number of thiophene rings is 1. The second kappa shape index (κ2) is 6.36. The van der Waals surface area contributed by atoms with E-state index in [0.717, 1.165) is 50.0 Å². The molecule has 1 aliphatic rings. The minimum absolute atomic E-state index is 0.166. The Balaban J connectivity index is 1.47. The van der Waals surface area contributed by atoms with Crippen molar-refractivity contribution in [1.82, 2.24) is 24.6 Å². The fraction of sp³-hybridized carbons (Fsp3) is 0.500. The Kier molecular flexibility index (Phi) is 4.31. The molecule has 0 saturated carbocycles. The molecule has 1 amide bonds. The Morgan fingerprint density at radius 1 is 1.29 bits per heavy atom. The lowest BCUT2D eigenvalue weighted by Gasteiger charge is -2.34. The molecule has 7 heteroatoms. The topological polar surface area (TPSA) is 54.3 Å². The molecule has 0 unspecified atom stereocenters. The highest BCUT2D eigenvalue weighted by atomic mass is 32.1. The van der Waals surface area contributed by atoms with Gasteiger partial charge in [-0.3, -0.25) is 9.69 Å². The molecule has 0 atom stereocenters. The van der Waals surface area contributed by atoms with Crippen LogP contribution in [0.15, 0.2) is 23.8 Å². The van der Waals surface area contributed by atoms with Crippen molar-refractivity contribution >= 4 is 17.2 Å². The van der Waals surface area contributed by atoms with Gasteiger partial charge in [-0.05, 0) is 18.4 Å². The van der Waals surface area contributed by atoms with Crippen LogP contribution >= 0.6 is 11.3 Å². The molecule has 3 rings (SSSR count). The maximum atomic E-state index is 12.3. The zero-order valence-electron chi connectivity index (χ0n) is 12.1. The second-order valence-corrected chi connectivity index (χ2v) is 6.13. The number of nitrogens with zero attached hydrogens (tertiary/aromatic N) is 5. The normalized spacial score (nSPS) is 16.3. The van der Waals surface area contributed by atoms with Crippen molar-refractivity contribution in [3.05, 3.63) is 34.5 Å². The van der Waals surface area contributed by atoms with Crippen molar-refractivity contribution in [1.29, 1.82) is 0 Å². The zero-order chi connectivity index (χ0) is 14.7. The van der Waals surface area contributed by atoms with Crippen LogP contribution in [0.25, 0.3) is 0 Å². The Labute approximate surface area is 128 Å². The largest absolute Gasteiger partial charge is 0.335 e. The molecule has 0 radical (unpaired) electrons. The smallest absolute Gasteiger partial charge is 0.264 e. The van der Waals surface area contributed by atoms with Crippen LogP contribution in [0.5, 0.6) is 0 Å². The average molecular weight is 305 g/mol. The molecule has 3 heterocycles. The summed E-state index contributed by atoms with van der Waals surface area (Å²) in [5.41, 5.74) is 0. The number of piperazine rings is 1. The number of carbonyl (C=O) groups is 1. The van der Waals surface area contributed by atoms with E-state index in [4.69, 9.17) is 0 Å². The predicted octanol–water partition coefficient (Wildman–Crippen LogP) is 1.11. The van der Waals surface area contributed by atoms with Crippen molar-refractivity contribution in [3.63, 3.8) is 0 Å². The first kappa shape index (κ1) is 14.2. The van der Waals surface area contributed by atoms with Gasteiger partial charge in [-0.1, -0.05) is 6.07 Å². The maximum absolute atomic E-state index is 12.3. The standard InChI is InChI=1S/C14H19N5OS/c1-12-16-15-11-19(12)9-6-17-4-7-18(8-5-17)14(20)13-3-2-10-21-13/h2-3,10-11H,4-9H2,1H3. The van der Waals surface area contributed by atoms with Gasteiger partial charge in [0.25, 0.3) is 5.91 Å². The highest BCUT2D eigenvalue weighted by molar-refractivity contribution is 7.12. The fourth-order valence-corrected chi connectivity index (χ4v) is 3.20. The molecule has 0 N–H and O–H groups in total. The Hall–Kier alpha value is -1.73. The molecule has 0 aliphatic carbocycles.